The van der Waals surface area contributed by atoms with Crippen LogP contribution in [0, 0.1) is 0 Å². The van der Waals surface area contributed by atoms with Gasteiger partial charge in [0, 0.05) is 5.92 Å². The predicted octanol–water partition coefficient (Wildman–Crippen LogP) is 2.49. The fourth-order valence-electron chi connectivity index (χ4n) is 1.29. The Bertz CT molecular complexity index is 357. The van der Waals surface area contributed by atoms with E-state index in [1.807, 2.05) is 0 Å². The van der Waals surface area contributed by atoms with Crippen LogP contribution in [0.15, 0.2) is 9.13 Å². The maximum absolute atomic E-state index is 11.5. The number of ether oxygens (including phenoxy) is 1. The van der Waals surface area contributed by atoms with Crippen LogP contribution < -0.4 is 0 Å². The highest BCUT2D eigenvalue weighted by Gasteiger charge is 2.35. The van der Waals surface area contributed by atoms with E-state index in [0.717, 1.165) is 12.8 Å². The maximum atomic E-state index is 11.5. The zero-order valence-corrected chi connectivity index (χ0v) is 9.33. The van der Waals surface area contributed by atoms with Gasteiger partial charge in [-0.2, -0.15) is 0 Å². The number of carbonyl (C=O) groups excluding carboxylic acids is 1. The summed E-state index contributed by atoms with van der Waals surface area (Å²) in [7, 11) is 0. The number of hydrogen-bond donors (Lipinski definition) is 0. The molecule has 2 rings (SSSR count). The summed E-state index contributed by atoms with van der Waals surface area (Å²) in [6, 6.07) is 0. The van der Waals surface area contributed by atoms with Crippen LogP contribution in [0.25, 0.3) is 0 Å². The molecule has 0 unspecified atom stereocenters. The van der Waals surface area contributed by atoms with Crippen molar-refractivity contribution in [3.63, 3.8) is 0 Å². The second-order valence-corrected chi connectivity index (χ2v) is 3.96. The van der Waals surface area contributed by atoms with Gasteiger partial charge in [-0.05, 0) is 35.7 Å². The number of halogens is 1. The highest BCUT2D eigenvalue weighted by Crippen LogP contribution is 2.43. The molecular weight excluding hydrogens is 250 g/mol. The summed E-state index contributed by atoms with van der Waals surface area (Å²) in [5.41, 5.74) is 0.453. The van der Waals surface area contributed by atoms with E-state index >= 15 is 0 Å². The van der Waals surface area contributed by atoms with Crippen molar-refractivity contribution in [1.29, 1.82) is 0 Å². The lowest BCUT2D eigenvalue weighted by Crippen LogP contribution is -2.06. The molecule has 0 aliphatic heterocycles. The summed E-state index contributed by atoms with van der Waals surface area (Å²) in [5.74, 6) is 0.658. The molecule has 1 aromatic rings. The summed E-state index contributed by atoms with van der Waals surface area (Å²) in [6.07, 6.45) is 2.13. The molecular formula is C9H10BrNO3. The van der Waals surface area contributed by atoms with Crippen molar-refractivity contribution in [3.8, 4) is 0 Å². The lowest BCUT2D eigenvalue weighted by Gasteiger charge is -2.00. The molecule has 14 heavy (non-hydrogen) atoms. The van der Waals surface area contributed by atoms with Crippen LogP contribution in [-0.2, 0) is 4.74 Å². The molecule has 0 spiro atoms. The largest absolute Gasteiger partial charge is 0.462 e. The molecule has 1 fully saturated rings. The first-order valence-electron chi connectivity index (χ1n) is 4.56. The van der Waals surface area contributed by atoms with E-state index < -0.39 is 0 Å². The van der Waals surface area contributed by atoms with Crippen molar-refractivity contribution >= 4 is 21.9 Å². The van der Waals surface area contributed by atoms with E-state index in [4.69, 9.17) is 9.26 Å². The molecule has 0 atom stereocenters. The maximum Gasteiger partial charge on any atom is 0.344 e. The van der Waals surface area contributed by atoms with E-state index in [1.54, 1.807) is 6.92 Å². The fraction of sp³-hybridized carbons (Fsp3) is 0.556. The number of esters is 1. The van der Waals surface area contributed by atoms with Crippen molar-refractivity contribution in [2.24, 2.45) is 0 Å². The summed E-state index contributed by atoms with van der Waals surface area (Å²) in [5, 5.41) is 3.72. The van der Waals surface area contributed by atoms with E-state index in [1.165, 1.54) is 0 Å². The van der Waals surface area contributed by atoms with Gasteiger partial charge in [0.2, 0.25) is 0 Å². The topological polar surface area (TPSA) is 52.3 Å². The van der Waals surface area contributed by atoms with Gasteiger partial charge in [-0.15, -0.1) is 0 Å². The third-order valence-electron chi connectivity index (χ3n) is 2.10. The fourth-order valence-corrected chi connectivity index (χ4v) is 1.72. The molecule has 0 radical (unpaired) electrons. The number of rotatable bonds is 3. The molecule has 0 aromatic carbocycles. The van der Waals surface area contributed by atoms with E-state index in [0.29, 0.717) is 28.5 Å². The molecule has 5 heteroatoms. The minimum absolute atomic E-state index is 0.355. The first-order chi connectivity index (χ1) is 6.74. The van der Waals surface area contributed by atoms with Crippen LogP contribution in [0.2, 0.25) is 0 Å². The van der Waals surface area contributed by atoms with Gasteiger partial charge in [0.05, 0.1) is 6.61 Å². The van der Waals surface area contributed by atoms with Crippen molar-refractivity contribution < 1.29 is 14.1 Å². The van der Waals surface area contributed by atoms with Crippen molar-refractivity contribution in [2.75, 3.05) is 6.61 Å². The monoisotopic (exact) mass is 259 g/mol. The Balaban J connectivity index is 2.29. The second-order valence-electron chi connectivity index (χ2n) is 3.21. The van der Waals surface area contributed by atoms with Gasteiger partial charge in [0.1, 0.15) is 5.56 Å². The van der Waals surface area contributed by atoms with Gasteiger partial charge < -0.3 is 9.26 Å². The van der Waals surface area contributed by atoms with Crippen LogP contribution in [-0.4, -0.2) is 17.7 Å². The molecule has 0 bridgehead atoms. The highest BCUT2D eigenvalue weighted by atomic mass is 79.9. The zero-order valence-electron chi connectivity index (χ0n) is 7.75. The smallest absolute Gasteiger partial charge is 0.344 e. The standard InChI is InChI=1S/C9H10BrNO3/c1-2-13-9(12)6-7(5-3-4-5)14-11-8(6)10/h5H,2-4H2,1H3. The average molecular weight is 260 g/mol. The molecule has 1 saturated carbocycles. The molecule has 76 valence electrons. The van der Waals surface area contributed by atoms with Gasteiger partial charge in [0.25, 0.3) is 0 Å². The number of nitrogens with zero attached hydrogens (tertiary/aromatic N) is 1. The summed E-state index contributed by atoms with van der Waals surface area (Å²) < 4.78 is 10.4. The molecule has 0 amide bonds. The first-order valence-corrected chi connectivity index (χ1v) is 5.35. The van der Waals surface area contributed by atoms with Crippen molar-refractivity contribution in [1.82, 2.24) is 5.16 Å². The number of aromatic nitrogens is 1. The van der Waals surface area contributed by atoms with Gasteiger partial charge in [-0.25, -0.2) is 4.79 Å². The molecule has 0 saturated heterocycles. The summed E-state index contributed by atoms with van der Waals surface area (Å²) in [4.78, 5) is 11.5. The van der Waals surface area contributed by atoms with Crippen molar-refractivity contribution in [2.45, 2.75) is 25.7 Å². The van der Waals surface area contributed by atoms with Gasteiger partial charge in [-0.3, -0.25) is 0 Å². The van der Waals surface area contributed by atoms with Gasteiger partial charge in [0.15, 0.2) is 10.4 Å². The Kier molecular flexibility index (Phi) is 2.58. The zero-order chi connectivity index (χ0) is 10.1. The SMILES string of the molecule is CCOC(=O)c1c(Br)noc1C1CC1. The van der Waals surface area contributed by atoms with Crippen LogP contribution in [0.3, 0.4) is 0 Å². The Labute approximate surface area is 89.7 Å². The molecule has 1 aliphatic carbocycles. The molecule has 1 aliphatic rings. The molecule has 0 N–H and O–H groups in total. The highest BCUT2D eigenvalue weighted by molar-refractivity contribution is 9.10. The van der Waals surface area contributed by atoms with E-state index in [9.17, 15) is 4.79 Å². The number of carbonyl (C=O) groups is 1. The number of hydrogen-bond acceptors (Lipinski definition) is 4. The third-order valence-corrected chi connectivity index (χ3v) is 2.65. The first kappa shape index (κ1) is 9.71. The van der Waals surface area contributed by atoms with Crippen molar-refractivity contribution in [3.05, 3.63) is 15.9 Å². The lowest BCUT2D eigenvalue weighted by atomic mass is 10.2. The Hall–Kier alpha value is -0.840. The van der Waals surface area contributed by atoms with Crippen LogP contribution in [0.4, 0.5) is 0 Å². The normalized spacial score (nSPS) is 15.6. The minimum atomic E-state index is -0.359. The van der Waals surface area contributed by atoms with Crippen LogP contribution in [0.5, 0.6) is 0 Å². The molecule has 1 aromatic heterocycles. The van der Waals surface area contributed by atoms with Crippen LogP contribution in [0.1, 0.15) is 41.8 Å². The quantitative estimate of drug-likeness (QED) is 0.783. The van der Waals surface area contributed by atoms with Gasteiger partial charge in [-0.1, -0.05) is 5.16 Å². The van der Waals surface area contributed by atoms with E-state index in [-0.39, 0.29) is 5.97 Å². The lowest BCUT2D eigenvalue weighted by molar-refractivity contribution is 0.0523. The average Bonchev–Trinajstić information content (AvgIpc) is 2.90. The van der Waals surface area contributed by atoms with E-state index in [2.05, 4.69) is 21.1 Å². The molecule has 1 heterocycles. The van der Waals surface area contributed by atoms with Crippen LogP contribution >= 0.6 is 15.9 Å². The second kappa shape index (κ2) is 3.73. The summed E-state index contributed by atoms with van der Waals surface area (Å²) >= 11 is 3.18. The van der Waals surface area contributed by atoms with Gasteiger partial charge >= 0.3 is 5.97 Å². The Morgan fingerprint density at radius 1 is 1.71 bits per heavy atom. The summed E-state index contributed by atoms with van der Waals surface area (Å²) in [6.45, 7) is 2.14. The Morgan fingerprint density at radius 3 is 3.00 bits per heavy atom. The Morgan fingerprint density at radius 2 is 2.43 bits per heavy atom. The minimum Gasteiger partial charge on any atom is -0.462 e. The predicted molar refractivity (Wildman–Crippen MR) is 52.1 cm³/mol. The molecule has 4 nitrogen and oxygen atoms in total. The third kappa shape index (κ3) is 1.68.